The second-order valence-electron chi connectivity index (χ2n) is 3.47. The summed E-state index contributed by atoms with van der Waals surface area (Å²) in [4.78, 5) is 4.21. The average Bonchev–Trinajstić information content (AvgIpc) is 2.83. The summed E-state index contributed by atoms with van der Waals surface area (Å²) >= 11 is 5.65. The third-order valence-electron chi connectivity index (χ3n) is 2.10. The molecule has 0 aliphatic rings. The molecule has 0 saturated heterocycles. The van der Waals surface area contributed by atoms with Crippen LogP contribution in [0.5, 0.6) is 0 Å². The molecule has 6 heteroatoms. The van der Waals surface area contributed by atoms with E-state index in [1.165, 1.54) is 0 Å². The van der Waals surface area contributed by atoms with Gasteiger partial charge in [-0.15, -0.1) is 0 Å². The standard InChI is InChI=1S/C10H13ClN4O/c1-7-13-10(15-14-7)4-5-12-6-8-2-3-9(11)16-8/h2-3,12H,4-6H2,1H3,(H,13,14,15). The van der Waals surface area contributed by atoms with Crippen molar-refractivity contribution in [1.29, 1.82) is 0 Å². The predicted molar refractivity (Wildman–Crippen MR) is 60.2 cm³/mol. The molecule has 0 fully saturated rings. The van der Waals surface area contributed by atoms with E-state index in [4.69, 9.17) is 16.0 Å². The minimum atomic E-state index is 0.418. The Morgan fingerprint density at radius 3 is 3.00 bits per heavy atom. The van der Waals surface area contributed by atoms with Crippen molar-refractivity contribution in [2.75, 3.05) is 6.54 Å². The van der Waals surface area contributed by atoms with Gasteiger partial charge < -0.3 is 9.73 Å². The lowest BCUT2D eigenvalue weighted by atomic mass is 10.4. The number of aryl methyl sites for hydroxylation is 1. The van der Waals surface area contributed by atoms with Crippen molar-refractivity contribution in [1.82, 2.24) is 20.5 Å². The number of aromatic nitrogens is 3. The molecule has 2 aromatic heterocycles. The molecule has 0 saturated carbocycles. The van der Waals surface area contributed by atoms with Gasteiger partial charge in [0.15, 0.2) is 11.0 Å². The summed E-state index contributed by atoms with van der Waals surface area (Å²) in [6.45, 7) is 3.35. The molecule has 0 unspecified atom stereocenters. The Morgan fingerprint density at radius 2 is 2.38 bits per heavy atom. The molecule has 0 atom stereocenters. The molecule has 86 valence electrons. The minimum Gasteiger partial charge on any atom is -0.448 e. The first-order valence-electron chi connectivity index (χ1n) is 5.07. The second kappa shape index (κ2) is 5.14. The fourth-order valence-corrected chi connectivity index (χ4v) is 1.52. The molecule has 0 aromatic carbocycles. The zero-order valence-electron chi connectivity index (χ0n) is 8.96. The molecule has 2 N–H and O–H groups in total. The Balaban J connectivity index is 1.69. The molecular formula is C10H13ClN4O. The third kappa shape index (κ3) is 3.08. The number of furan rings is 1. The SMILES string of the molecule is Cc1nc(CCNCc2ccc(Cl)o2)n[nH]1. The monoisotopic (exact) mass is 240 g/mol. The zero-order chi connectivity index (χ0) is 11.4. The van der Waals surface area contributed by atoms with Crippen molar-refractivity contribution in [2.45, 2.75) is 19.9 Å². The van der Waals surface area contributed by atoms with Crippen molar-refractivity contribution >= 4 is 11.6 Å². The number of rotatable bonds is 5. The molecule has 2 rings (SSSR count). The summed E-state index contributed by atoms with van der Waals surface area (Å²) in [5.41, 5.74) is 0. The number of hydrogen-bond acceptors (Lipinski definition) is 4. The molecular weight excluding hydrogens is 228 g/mol. The predicted octanol–water partition coefficient (Wildman–Crippen LogP) is 1.69. The van der Waals surface area contributed by atoms with Gasteiger partial charge in [0.25, 0.3) is 0 Å². The molecule has 5 nitrogen and oxygen atoms in total. The molecule has 0 spiro atoms. The van der Waals surface area contributed by atoms with Crippen molar-refractivity contribution < 1.29 is 4.42 Å². The number of H-pyrrole nitrogens is 1. The van der Waals surface area contributed by atoms with Crippen molar-refractivity contribution in [3.05, 3.63) is 34.8 Å². The van der Waals surface area contributed by atoms with Gasteiger partial charge in [0, 0.05) is 13.0 Å². The third-order valence-corrected chi connectivity index (χ3v) is 2.30. The summed E-state index contributed by atoms with van der Waals surface area (Å²) in [5.74, 6) is 2.49. The summed E-state index contributed by atoms with van der Waals surface area (Å²) in [6.07, 6.45) is 0.790. The van der Waals surface area contributed by atoms with Crippen LogP contribution < -0.4 is 5.32 Å². The highest BCUT2D eigenvalue weighted by Crippen LogP contribution is 2.12. The molecule has 0 amide bonds. The number of nitrogens with zero attached hydrogens (tertiary/aromatic N) is 2. The van der Waals surface area contributed by atoms with E-state index in [1.54, 1.807) is 6.07 Å². The van der Waals surface area contributed by atoms with Gasteiger partial charge in [-0.1, -0.05) is 0 Å². The smallest absolute Gasteiger partial charge is 0.193 e. The molecule has 2 heterocycles. The zero-order valence-corrected chi connectivity index (χ0v) is 9.71. The van der Waals surface area contributed by atoms with E-state index in [-0.39, 0.29) is 0 Å². The van der Waals surface area contributed by atoms with E-state index in [2.05, 4.69) is 20.5 Å². The topological polar surface area (TPSA) is 66.7 Å². The number of halogens is 1. The van der Waals surface area contributed by atoms with Crippen molar-refractivity contribution in [3.63, 3.8) is 0 Å². The van der Waals surface area contributed by atoms with E-state index in [0.717, 1.165) is 30.4 Å². The van der Waals surface area contributed by atoms with Gasteiger partial charge >= 0.3 is 0 Å². The summed E-state index contributed by atoms with van der Waals surface area (Å²) < 4.78 is 5.21. The van der Waals surface area contributed by atoms with E-state index >= 15 is 0 Å². The van der Waals surface area contributed by atoms with Crippen molar-refractivity contribution in [3.8, 4) is 0 Å². The summed E-state index contributed by atoms with van der Waals surface area (Å²) in [5, 5.41) is 10.5. The minimum absolute atomic E-state index is 0.418. The lowest BCUT2D eigenvalue weighted by Crippen LogP contribution is -2.16. The first-order valence-corrected chi connectivity index (χ1v) is 5.44. The van der Waals surface area contributed by atoms with Gasteiger partial charge in [-0.2, -0.15) is 5.10 Å². The normalized spacial score (nSPS) is 10.9. The summed E-state index contributed by atoms with van der Waals surface area (Å²) in [7, 11) is 0. The van der Waals surface area contributed by atoms with Gasteiger partial charge in [-0.05, 0) is 30.7 Å². The Labute approximate surface area is 98.2 Å². The van der Waals surface area contributed by atoms with Gasteiger partial charge in [-0.3, -0.25) is 5.10 Å². The average molecular weight is 241 g/mol. The fourth-order valence-electron chi connectivity index (χ4n) is 1.36. The van der Waals surface area contributed by atoms with Crippen LogP contribution in [-0.2, 0) is 13.0 Å². The molecule has 2 aromatic rings. The van der Waals surface area contributed by atoms with E-state index < -0.39 is 0 Å². The van der Waals surface area contributed by atoms with Gasteiger partial charge in [0.05, 0.1) is 6.54 Å². The molecule has 0 radical (unpaired) electrons. The number of nitrogens with one attached hydrogen (secondary N) is 2. The van der Waals surface area contributed by atoms with Gasteiger partial charge in [0.1, 0.15) is 11.6 Å². The first-order chi connectivity index (χ1) is 7.74. The fraction of sp³-hybridized carbons (Fsp3) is 0.400. The first kappa shape index (κ1) is 11.2. The number of hydrogen-bond donors (Lipinski definition) is 2. The largest absolute Gasteiger partial charge is 0.448 e. The van der Waals surface area contributed by atoms with Crippen LogP contribution in [0.3, 0.4) is 0 Å². The van der Waals surface area contributed by atoms with E-state index in [9.17, 15) is 0 Å². The molecule has 0 aliphatic carbocycles. The van der Waals surface area contributed by atoms with Crippen molar-refractivity contribution in [2.24, 2.45) is 0 Å². The highest BCUT2D eigenvalue weighted by Gasteiger charge is 2.01. The highest BCUT2D eigenvalue weighted by atomic mass is 35.5. The van der Waals surface area contributed by atoms with Crippen LogP contribution in [0.25, 0.3) is 0 Å². The Bertz CT molecular complexity index is 409. The van der Waals surface area contributed by atoms with Crippen LogP contribution in [0.15, 0.2) is 16.5 Å². The quantitative estimate of drug-likeness (QED) is 0.781. The lowest BCUT2D eigenvalue weighted by Gasteiger charge is -1.99. The molecule has 16 heavy (non-hydrogen) atoms. The van der Waals surface area contributed by atoms with Gasteiger partial charge in [-0.25, -0.2) is 4.98 Å². The second-order valence-corrected chi connectivity index (χ2v) is 3.84. The van der Waals surface area contributed by atoms with E-state index in [0.29, 0.717) is 11.8 Å². The van der Waals surface area contributed by atoms with Crippen LogP contribution >= 0.6 is 11.6 Å². The number of aromatic amines is 1. The van der Waals surface area contributed by atoms with Gasteiger partial charge in [0.2, 0.25) is 0 Å². The highest BCUT2D eigenvalue weighted by molar-refractivity contribution is 6.28. The van der Waals surface area contributed by atoms with Crippen LogP contribution in [-0.4, -0.2) is 21.7 Å². The molecule has 0 bridgehead atoms. The maximum absolute atomic E-state index is 5.65. The van der Waals surface area contributed by atoms with Crippen LogP contribution in [0.4, 0.5) is 0 Å². The lowest BCUT2D eigenvalue weighted by molar-refractivity contribution is 0.485. The Morgan fingerprint density at radius 1 is 1.50 bits per heavy atom. The summed E-state index contributed by atoms with van der Waals surface area (Å²) in [6, 6.07) is 3.59. The maximum Gasteiger partial charge on any atom is 0.193 e. The maximum atomic E-state index is 5.65. The molecule has 0 aliphatic heterocycles. The van der Waals surface area contributed by atoms with Crippen LogP contribution in [0.2, 0.25) is 5.22 Å². The Kier molecular flexibility index (Phi) is 3.58. The van der Waals surface area contributed by atoms with Crippen LogP contribution in [0, 0.1) is 6.92 Å². The van der Waals surface area contributed by atoms with Crippen LogP contribution in [0.1, 0.15) is 17.4 Å². The Hall–Kier alpha value is -1.33. The van der Waals surface area contributed by atoms with E-state index in [1.807, 2.05) is 13.0 Å².